The van der Waals surface area contributed by atoms with Gasteiger partial charge >= 0.3 is 5.97 Å². The molecule has 1 aromatic rings. The second-order valence-electron chi connectivity index (χ2n) is 3.75. The maximum Gasteiger partial charge on any atom is 0.328 e. The Morgan fingerprint density at radius 3 is 3.19 bits per heavy atom. The van der Waals surface area contributed by atoms with Crippen LogP contribution in [0.25, 0.3) is 6.08 Å². The van der Waals surface area contributed by atoms with Crippen molar-refractivity contribution in [1.29, 1.82) is 0 Å². The van der Waals surface area contributed by atoms with E-state index >= 15 is 0 Å². The number of carboxylic acids is 1. The minimum absolute atomic E-state index is 0.000674. The van der Waals surface area contributed by atoms with E-state index in [1.54, 1.807) is 17.1 Å². The van der Waals surface area contributed by atoms with Gasteiger partial charge in [-0.25, -0.2) is 9.48 Å². The smallest absolute Gasteiger partial charge is 0.328 e. The lowest BCUT2D eigenvalue weighted by Gasteiger charge is -2.22. The molecule has 2 heterocycles. The van der Waals surface area contributed by atoms with Gasteiger partial charge in [-0.15, -0.1) is 0 Å². The standard InChI is InChI=1S/C11H14N2O3/c14-11(15)5-4-9-7-12-13(8-9)10-3-1-2-6-16-10/h4-5,7-8,10H,1-3,6H2,(H,14,15). The molecule has 1 saturated heterocycles. The molecule has 1 atom stereocenters. The summed E-state index contributed by atoms with van der Waals surface area (Å²) >= 11 is 0. The van der Waals surface area contributed by atoms with Gasteiger partial charge in [-0.1, -0.05) is 0 Å². The van der Waals surface area contributed by atoms with Crippen molar-refractivity contribution in [2.24, 2.45) is 0 Å². The SMILES string of the molecule is O=C(O)C=Cc1cnn(C2CCCCO2)c1. The summed E-state index contributed by atoms with van der Waals surface area (Å²) in [6, 6.07) is 0. The molecule has 1 unspecified atom stereocenters. The van der Waals surface area contributed by atoms with E-state index in [0.29, 0.717) is 0 Å². The molecular formula is C11H14N2O3. The van der Waals surface area contributed by atoms with Crippen LogP contribution in [0.2, 0.25) is 0 Å². The Labute approximate surface area is 93.3 Å². The summed E-state index contributed by atoms with van der Waals surface area (Å²) < 4.78 is 7.31. The van der Waals surface area contributed by atoms with Gasteiger partial charge in [0.25, 0.3) is 0 Å². The molecule has 1 fully saturated rings. The van der Waals surface area contributed by atoms with Crippen LogP contribution in [0.4, 0.5) is 0 Å². The van der Waals surface area contributed by atoms with Crippen molar-refractivity contribution in [2.45, 2.75) is 25.5 Å². The van der Waals surface area contributed by atoms with Gasteiger partial charge in [0.15, 0.2) is 0 Å². The van der Waals surface area contributed by atoms with Crippen LogP contribution in [-0.2, 0) is 9.53 Å². The van der Waals surface area contributed by atoms with E-state index < -0.39 is 5.97 Å². The molecular weight excluding hydrogens is 208 g/mol. The summed E-state index contributed by atoms with van der Waals surface area (Å²) in [5.41, 5.74) is 0.775. The Bertz CT molecular complexity index is 392. The zero-order valence-corrected chi connectivity index (χ0v) is 8.87. The van der Waals surface area contributed by atoms with E-state index in [1.165, 1.54) is 6.08 Å². The molecule has 0 bridgehead atoms. The van der Waals surface area contributed by atoms with E-state index in [1.807, 2.05) is 0 Å². The molecule has 0 saturated carbocycles. The fourth-order valence-electron chi connectivity index (χ4n) is 1.70. The molecule has 1 aliphatic rings. The van der Waals surface area contributed by atoms with Gasteiger partial charge in [-0.2, -0.15) is 5.10 Å². The van der Waals surface area contributed by atoms with Crippen LogP contribution in [0, 0.1) is 0 Å². The van der Waals surface area contributed by atoms with Gasteiger partial charge in [0.1, 0.15) is 6.23 Å². The topological polar surface area (TPSA) is 64.3 Å². The summed E-state index contributed by atoms with van der Waals surface area (Å²) in [5.74, 6) is -0.957. The average molecular weight is 222 g/mol. The van der Waals surface area contributed by atoms with Crippen molar-refractivity contribution < 1.29 is 14.6 Å². The number of ether oxygens (including phenoxy) is 1. The normalized spacial score (nSPS) is 21.4. The van der Waals surface area contributed by atoms with Gasteiger partial charge in [0.05, 0.1) is 6.20 Å². The predicted molar refractivity (Wildman–Crippen MR) is 57.7 cm³/mol. The van der Waals surface area contributed by atoms with Crippen LogP contribution < -0.4 is 0 Å². The summed E-state index contributed by atoms with van der Waals surface area (Å²) in [6.45, 7) is 0.769. The molecule has 0 aliphatic carbocycles. The van der Waals surface area contributed by atoms with Gasteiger partial charge in [-0.05, 0) is 25.3 Å². The molecule has 1 N–H and O–H groups in total. The summed E-state index contributed by atoms with van der Waals surface area (Å²) in [5, 5.41) is 12.7. The van der Waals surface area contributed by atoms with Crippen LogP contribution in [-0.4, -0.2) is 27.5 Å². The Morgan fingerprint density at radius 1 is 1.62 bits per heavy atom. The third kappa shape index (κ3) is 2.70. The number of carboxylic acid groups (broad SMARTS) is 1. The number of aliphatic carboxylic acids is 1. The number of rotatable bonds is 3. The first-order valence-electron chi connectivity index (χ1n) is 5.32. The molecule has 1 aromatic heterocycles. The second kappa shape index (κ2) is 4.94. The third-order valence-corrected chi connectivity index (χ3v) is 2.49. The summed E-state index contributed by atoms with van der Waals surface area (Å²) in [4.78, 5) is 10.3. The maximum atomic E-state index is 10.3. The fraction of sp³-hybridized carbons (Fsp3) is 0.455. The van der Waals surface area contributed by atoms with E-state index in [9.17, 15) is 4.79 Å². The zero-order chi connectivity index (χ0) is 11.4. The van der Waals surface area contributed by atoms with E-state index in [0.717, 1.165) is 37.5 Å². The summed E-state index contributed by atoms with van der Waals surface area (Å²) in [7, 11) is 0. The van der Waals surface area contributed by atoms with E-state index in [-0.39, 0.29) is 6.23 Å². The van der Waals surface area contributed by atoms with Gasteiger partial charge in [0, 0.05) is 24.4 Å². The van der Waals surface area contributed by atoms with Crippen molar-refractivity contribution in [2.75, 3.05) is 6.61 Å². The predicted octanol–water partition coefficient (Wildman–Crippen LogP) is 1.68. The zero-order valence-electron chi connectivity index (χ0n) is 8.87. The van der Waals surface area contributed by atoms with Crippen LogP contribution in [0.5, 0.6) is 0 Å². The fourth-order valence-corrected chi connectivity index (χ4v) is 1.70. The van der Waals surface area contributed by atoms with Gasteiger partial charge < -0.3 is 9.84 Å². The lowest BCUT2D eigenvalue weighted by atomic mass is 10.2. The maximum absolute atomic E-state index is 10.3. The number of hydrogen-bond donors (Lipinski definition) is 1. The van der Waals surface area contributed by atoms with Crippen molar-refractivity contribution in [3.05, 3.63) is 24.0 Å². The quantitative estimate of drug-likeness (QED) is 0.790. The Hall–Kier alpha value is -1.62. The molecule has 0 spiro atoms. The lowest BCUT2D eigenvalue weighted by molar-refractivity contribution is -0.131. The number of aromatic nitrogens is 2. The van der Waals surface area contributed by atoms with Gasteiger partial charge in [-0.3, -0.25) is 0 Å². The minimum atomic E-state index is -0.957. The number of carbonyl (C=O) groups is 1. The molecule has 0 radical (unpaired) electrons. The average Bonchev–Trinajstić information content (AvgIpc) is 2.76. The lowest BCUT2D eigenvalue weighted by Crippen LogP contribution is -2.18. The highest BCUT2D eigenvalue weighted by atomic mass is 16.5. The Morgan fingerprint density at radius 2 is 2.50 bits per heavy atom. The number of nitrogens with zero attached hydrogens (tertiary/aromatic N) is 2. The number of hydrogen-bond acceptors (Lipinski definition) is 3. The Balaban J connectivity index is 2.03. The molecule has 2 rings (SSSR count). The molecule has 0 aromatic carbocycles. The second-order valence-corrected chi connectivity index (χ2v) is 3.75. The van der Waals surface area contributed by atoms with Crippen LogP contribution in [0.3, 0.4) is 0 Å². The largest absolute Gasteiger partial charge is 0.478 e. The highest BCUT2D eigenvalue weighted by molar-refractivity contribution is 5.85. The summed E-state index contributed by atoms with van der Waals surface area (Å²) in [6.07, 6.45) is 9.27. The minimum Gasteiger partial charge on any atom is -0.478 e. The van der Waals surface area contributed by atoms with Crippen molar-refractivity contribution in [3.8, 4) is 0 Å². The third-order valence-electron chi connectivity index (χ3n) is 2.49. The highest BCUT2D eigenvalue weighted by Gasteiger charge is 2.15. The molecule has 86 valence electrons. The van der Waals surface area contributed by atoms with Gasteiger partial charge in [0.2, 0.25) is 0 Å². The molecule has 5 nitrogen and oxygen atoms in total. The van der Waals surface area contributed by atoms with Crippen LogP contribution >= 0.6 is 0 Å². The van der Waals surface area contributed by atoms with Crippen molar-refractivity contribution >= 4 is 12.0 Å². The van der Waals surface area contributed by atoms with Crippen molar-refractivity contribution in [3.63, 3.8) is 0 Å². The first kappa shape index (κ1) is 10.9. The van der Waals surface area contributed by atoms with E-state index in [4.69, 9.17) is 9.84 Å². The molecule has 5 heteroatoms. The molecule has 16 heavy (non-hydrogen) atoms. The first-order chi connectivity index (χ1) is 7.75. The monoisotopic (exact) mass is 222 g/mol. The highest BCUT2D eigenvalue weighted by Crippen LogP contribution is 2.21. The molecule has 1 aliphatic heterocycles. The Kier molecular flexibility index (Phi) is 3.36. The van der Waals surface area contributed by atoms with Crippen molar-refractivity contribution in [1.82, 2.24) is 9.78 Å². The van der Waals surface area contributed by atoms with E-state index in [2.05, 4.69) is 5.10 Å². The first-order valence-corrected chi connectivity index (χ1v) is 5.32. The molecule has 0 amide bonds. The van der Waals surface area contributed by atoms with Crippen LogP contribution in [0.15, 0.2) is 18.5 Å². The van der Waals surface area contributed by atoms with Crippen LogP contribution in [0.1, 0.15) is 31.1 Å².